The maximum Gasteiger partial charge on any atom is 0.234 e. The van der Waals surface area contributed by atoms with Gasteiger partial charge in [0.1, 0.15) is 17.3 Å². The Kier molecular flexibility index (Phi) is 8.21. The Balaban J connectivity index is 1.50. The van der Waals surface area contributed by atoms with Crippen LogP contribution in [0, 0.1) is 12.3 Å². The fraction of sp³-hybridized carbons (Fsp3) is 0.212. The molecule has 2 atom stereocenters. The van der Waals surface area contributed by atoms with E-state index in [0.717, 1.165) is 29.7 Å². The zero-order chi connectivity index (χ0) is 28.9. The number of nitrogens with one attached hydrogen (secondary N) is 3. The Bertz CT molecular complexity index is 1540. The average molecular weight is 550 g/mol. The molecule has 0 aliphatic carbocycles. The number of amides is 1. The number of carbonyl (C=O) groups is 1. The maximum absolute atomic E-state index is 14.1. The smallest absolute Gasteiger partial charge is 0.234 e. The highest BCUT2D eigenvalue weighted by Gasteiger charge is 2.36. The molecule has 2 unspecified atom stereocenters. The van der Waals surface area contributed by atoms with Gasteiger partial charge in [0.05, 0.1) is 17.6 Å². The molecule has 1 heterocycles. The number of nitrogen functional groups attached to an aromatic ring is 1. The van der Waals surface area contributed by atoms with Crippen molar-refractivity contribution in [1.82, 2.24) is 5.32 Å². The second-order valence-electron chi connectivity index (χ2n) is 10.4. The van der Waals surface area contributed by atoms with Crippen molar-refractivity contribution < 1.29 is 15.0 Å². The summed E-state index contributed by atoms with van der Waals surface area (Å²) >= 11 is 0. The molecule has 0 bridgehead atoms. The third-order valence-electron chi connectivity index (χ3n) is 7.63. The molecule has 7 N–H and O–H groups in total. The van der Waals surface area contributed by atoms with Gasteiger partial charge in [0.2, 0.25) is 5.91 Å². The molecule has 1 amide bonds. The van der Waals surface area contributed by atoms with E-state index in [-0.39, 0.29) is 29.3 Å². The number of hydrogen-bond acceptors (Lipinski definition) is 6. The number of anilines is 2. The van der Waals surface area contributed by atoms with E-state index in [4.69, 9.17) is 11.1 Å². The second-order valence-corrected chi connectivity index (χ2v) is 10.4. The number of nitrogens with two attached hydrogens (primary N) is 1. The summed E-state index contributed by atoms with van der Waals surface area (Å²) in [5.41, 5.74) is 11.6. The normalized spacial score (nSPS) is 16.0. The molecule has 0 saturated carbocycles. The van der Waals surface area contributed by atoms with Crippen molar-refractivity contribution in [3.8, 4) is 22.6 Å². The quantitative estimate of drug-likeness (QED) is 0.143. The largest absolute Gasteiger partial charge is 0.508 e. The summed E-state index contributed by atoms with van der Waals surface area (Å²) < 4.78 is 0. The first-order chi connectivity index (χ1) is 19.8. The van der Waals surface area contributed by atoms with E-state index in [1.807, 2.05) is 41.3 Å². The number of carbonyl (C=O) groups excluding carboxylic acids is 1. The van der Waals surface area contributed by atoms with Crippen LogP contribution in [0.2, 0.25) is 0 Å². The molecular weight excluding hydrogens is 514 g/mol. The van der Waals surface area contributed by atoms with Crippen LogP contribution in [0.4, 0.5) is 11.4 Å². The highest BCUT2D eigenvalue weighted by molar-refractivity contribution is 5.98. The van der Waals surface area contributed by atoms with E-state index < -0.39 is 5.92 Å². The van der Waals surface area contributed by atoms with Gasteiger partial charge < -0.3 is 31.5 Å². The summed E-state index contributed by atoms with van der Waals surface area (Å²) in [6.45, 7) is 3.89. The van der Waals surface area contributed by atoms with Crippen molar-refractivity contribution in [2.24, 2.45) is 5.73 Å². The number of benzene rings is 4. The van der Waals surface area contributed by atoms with E-state index >= 15 is 0 Å². The minimum atomic E-state index is -0.655. The Labute approximate surface area is 240 Å². The molecule has 41 heavy (non-hydrogen) atoms. The van der Waals surface area contributed by atoms with Crippen LogP contribution in [0.1, 0.15) is 29.0 Å². The van der Waals surface area contributed by atoms with Gasteiger partial charge in [0.25, 0.3) is 0 Å². The van der Waals surface area contributed by atoms with Crippen molar-refractivity contribution in [1.29, 1.82) is 5.41 Å². The number of phenolic OH excluding ortho intramolecular Hbond substituents is 2. The second kappa shape index (κ2) is 12.1. The summed E-state index contributed by atoms with van der Waals surface area (Å²) in [7, 11) is 0. The summed E-state index contributed by atoms with van der Waals surface area (Å²) in [5, 5.41) is 35.3. The third kappa shape index (κ3) is 6.18. The Morgan fingerprint density at radius 1 is 1.02 bits per heavy atom. The van der Waals surface area contributed by atoms with Crippen LogP contribution >= 0.6 is 0 Å². The van der Waals surface area contributed by atoms with Crippen LogP contribution in [0.15, 0.2) is 91.0 Å². The zero-order valence-electron chi connectivity index (χ0n) is 23.0. The third-order valence-corrected chi connectivity index (χ3v) is 7.63. The first kappa shape index (κ1) is 27.7. The van der Waals surface area contributed by atoms with Crippen LogP contribution in [-0.2, 0) is 4.79 Å². The lowest BCUT2D eigenvalue weighted by Crippen LogP contribution is -2.48. The van der Waals surface area contributed by atoms with Crippen molar-refractivity contribution in [2.75, 3.05) is 29.9 Å². The van der Waals surface area contributed by atoms with E-state index in [1.54, 1.807) is 36.4 Å². The lowest BCUT2D eigenvalue weighted by molar-refractivity contribution is -0.118. The molecule has 210 valence electrons. The van der Waals surface area contributed by atoms with Crippen LogP contribution < -0.4 is 21.3 Å². The number of hydrogen-bond donors (Lipinski definition) is 6. The van der Waals surface area contributed by atoms with Gasteiger partial charge >= 0.3 is 0 Å². The standard InChI is InChI=1S/C33H35N5O3/c1-21-5-2-3-6-27(21)22-7-12-25(13-8-22)37-33(41)31(23-9-14-26(39)15-10-23)29-20-36-17-4-18-38(29)28-19-24(32(34)35)11-16-30(28)40/h2-3,5-16,19,29,31,36,39-40H,4,17-18,20H2,1H3,(H3,34,35)(H,37,41). The summed E-state index contributed by atoms with van der Waals surface area (Å²) in [5.74, 6) is -0.795. The Hall–Kier alpha value is -4.82. The van der Waals surface area contributed by atoms with E-state index in [1.165, 1.54) is 11.6 Å². The first-order valence-corrected chi connectivity index (χ1v) is 13.7. The van der Waals surface area contributed by atoms with Crippen LogP contribution in [0.3, 0.4) is 0 Å². The number of amidine groups is 1. The average Bonchev–Trinajstić information content (AvgIpc) is 3.21. The lowest BCUT2D eigenvalue weighted by atomic mass is 9.88. The fourth-order valence-corrected chi connectivity index (χ4v) is 5.50. The fourth-order valence-electron chi connectivity index (χ4n) is 5.50. The van der Waals surface area contributed by atoms with Gasteiger partial charge in [0, 0.05) is 24.3 Å². The Morgan fingerprint density at radius 3 is 2.46 bits per heavy atom. The van der Waals surface area contributed by atoms with Crippen LogP contribution in [0.5, 0.6) is 11.5 Å². The number of nitrogens with zero attached hydrogens (tertiary/aromatic N) is 1. The molecule has 1 saturated heterocycles. The van der Waals surface area contributed by atoms with E-state index in [9.17, 15) is 15.0 Å². The molecule has 1 aliphatic heterocycles. The van der Waals surface area contributed by atoms with Gasteiger partial charge in [-0.3, -0.25) is 10.2 Å². The van der Waals surface area contributed by atoms with Crippen LogP contribution in [-0.4, -0.2) is 47.6 Å². The molecule has 0 aromatic heterocycles. The lowest BCUT2D eigenvalue weighted by Gasteiger charge is -2.37. The monoisotopic (exact) mass is 549 g/mol. The first-order valence-electron chi connectivity index (χ1n) is 13.7. The van der Waals surface area contributed by atoms with Gasteiger partial charge in [-0.25, -0.2) is 0 Å². The molecule has 8 nitrogen and oxygen atoms in total. The highest BCUT2D eigenvalue weighted by atomic mass is 16.3. The predicted octanol–water partition coefficient (Wildman–Crippen LogP) is 4.95. The van der Waals surface area contributed by atoms with Crippen molar-refractivity contribution in [2.45, 2.75) is 25.3 Å². The van der Waals surface area contributed by atoms with Gasteiger partial charge in [-0.2, -0.15) is 0 Å². The highest BCUT2D eigenvalue weighted by Crippen LogP contribution is 2.36. The van der Waals surface area contributed by atoms with Crippen molar-refractivity contribution >= 4 is 23.1 Å². The van der Waals surface area contributed by atoms with Gasteiger partial charge in [-0.05, 0) is 84.6 Å². The molecule has 1 aliphatic rings. The van der Waals surface area contributed by atoms with Crippen LogP contribution in [0.25, 0.3) is 11.1 Å². The molecular formula is C33H35N5O3. The molecule has 5 rings (SSSR count). The van der Waals surface area contributed by atoms with Crippen molar-refractivity contribution in [3.05, 3.63) is 108 Å². The molecule has 4 aromatic carbocycles. The molecule has 8 heteroatoms. The predicted molar refractivity (Wildman–Crippen MR) is 164 cm³/mol. The SMILES string of the molecule is Cc1ccccc1-c1ccc(NC(=O)C(c2ccc(O)cc2)C2CNCCCN2c2cc(C(=N)N)ccc2O)cc1. The zero-order valence-corrected chi connectivity index (χ0v) is 23.0. The number of phenols is 2. The molecule has 4 aromatic rings. The van der Waals surface area contributed by atoms with Gasteiger partial charge in [-0.15, -0.1) is 0 Å². The van der Waals surface area contributed by atoms with Crippen molar-refractivity contribution in [3.63, 3.8) is 0 Å². The maximum atomic E-state index is 14.1. The summed E-state index contributed by atoms with van der Waals surface area (Å²) in [6, 6.07) is 27.1. The molecule has 0 spiro atoms. The van der Waals surface area contributed by atoms with E-state index in [0.29, 0.717) is 30.0 Å². The minimum absolute atomic E-state index is 0.0542. The molecule has 0 radical (unpaired) electrons. The summed E-state index contributed by atoms with van der Waals surface area (Å²) in [6.07, 6.45) is 0.796. The minimum Gasteiger partial charge on any atom is -0.508 e. The van der Waals surface area contributed by atoms with E-state index in [2.05, 4.69) is 29.7 Å². The topological polar surface area (TPSA) is 135 Å². The molecule has 1 fully saturated rings. The summed E-state index contributed by atoms with van der Waals surface area (Å²) in [4.78, 5) is 16.1. The van der Waals surface area contributed by atoms with Gasteiger partial charge in [0.15, 0.2) is 0 Å². The number of aromatic hydroxyl groups is 2. The number of rotatable bonds is 7. The van der Waals surface area contributed by atoms with Gasteiger partial charge in [-0.1, -0.05) is 48.5 Å². The number of aryl methyl sites for hydroxylation is 1. The Morgan fingerprint density at radius 2 is 1.76 bits per heavy atom.